The van der Waals surface area contributed by atoms with Crippen LogP contribution in [0.2, 0.25) is 0 Å². The Labute approximate surface area is 129 Å². The molecule has 3 aromatic rings. The molecule has 3 heteroatoms. The molecule has 2 nitrogen and oxygen atoms in total. The summed E-state index contributed by atoms with van der Waals surface area (Å²) >= 11 is 1.80. The number of fused-ring (bicyclic) bond motifs is 1. The van der Waals surface area contributed by atoms with Gasteiger partial charge in [0.25, 0.3) is 0 Å². The summed E-state index contributed by atoms with van der Waals surface area (Å²) in [7, 11) is 0. The average molecular weight is 299 g/mol. The first-order valence-corrected chi connectivity index (χ1v) is 8.49. The van der Waals surface area contributed by atoms with Crippen molar-refractivity contribution in [2.24, 2.45) is 0 Å². The van der Waals surface area contributed by atoms with Crippen molar-refractivity contribution in [3.8, 4) is 0 Å². The summed E-state index contributed by atoms with van der Waals surface area (Å²) in [6.45, 7) is 5.29. The number of benzene rings is 1. The van der Waals surface area contributed by atoms with E-state index in [1.165, 1.54) is 15.6 Å². The first-order chi connectivity index (χ1) is 10.3. The van der Waals surface area contributed by atoms with Gasteiger partial charge in [0, 0.05) is 11.1 Å². The molecule has 1 aromatic carbocycles. The summed E-state index contributed by atoms with van der Waals surface area (Å²) in [5.41, 5.74) is 1.31. The molecule has 2 aromatic heterocycles. The van der Waals surface area contributed by atoms with Crippen LogP contribution in [0.5, 0.6) is 0 Å². The van der Waals surface area contributed by atoms with Crippen molar-refractivity contribution >= 4 is 21.4 Å². The van der Waals surface area contributed by atoms with E-state index in [0.717, 1.165) is 30.9 Å². The molecule has 0 saturated carbocycles. The zero-order chi connectivity index (χ0) is 14.7. The average Bonchev–Trinajstić information content (AvgIpc) is 3.16. The lowest BCUT2D eigenvalue weighted by Crippen LogP contribution is -2.22. The third-order valence-corrected chi connectivity index (χ3v) is 4.71. The predicted molar refractivity (Wildman–Crippen MR) is 90.0 cm³/mol. The van der Waals surface area contributed by atoms with Crippen LogP contribution in [-0.2, 0) is 6.42 Å². The highest BCUT2D eigenvalue weighted by Gasteiger charge is 2.19. The topological polar surface area (TPSA) is 25.2 Å². The quantitative estimate of drug-likeness (QED) is 0.681. The minimum Gasteiger partial charge on any atom is -0.464 e. The van der Waals surface area contributed by atoms with Crippen molar-refractivity contribution < 1.29 is 4.42 Å². The van der Waals surface area contributed by atoms with Gasteiger partial charge in [0.1, 0.15) is 11.5 Å². The maximum atomic E-state index is 6.01. The lowest BCUT2D eigenvalue weighted by atomic mass is 10.0. The Kier molecular flexibility index (Phi) is 4.42. The van der Waals surface area contributed by atoms with E-state index in [9.17, 15) is 0 Å². The minimum atomic E-state index is 0.132. The number of nitrogens with one attached hydrogen (secondary N) is 1. The molecule has 0 amide bonds. The number of thiophene rings is 1. The van der Waals surface area contributed by atoms with Crippen molar-refractivity contribution in [1.82, 2.24) is 5.32 Å². The fourth-order valence-electron chi connectivity index (χ4n) is 2.64. The van der Waals surface area contributed by atoms with Crippen molar-refractivity contribution in [2.45, 2.75) is 32.7 Å². The molecular formula is C18H21NOS. The van der Waals surface area contributed by atoms with Crippen LogP contribution in [0.4, 0.5) is 0 Å². The van der Waals surface area contributed by atoms with Gasteiger partial charge < -0.3 is 9.73 Å². The molecule has 21 heavy (non-hydrogen) atoms. The van der Waals surface area contributed by atoms with Gasteiger partial charge in [0.05, 0.1) is 6.04 Å². The normalized spacial score (nSPS) is 12.9. The molecule has 1 unspecified atom stereocenters. The van der Waals surface area contributed by atoms with Crippen LogP contribution >= 0.6 is 11.3 Å². The van der Waals surface area contributed by atoms with Gasteiger partial charge in [-0.25, -0.2) is 0 Å². The van der Waals surface area contributed by atoms with E-state index in [1.54, 1.807) is 11.3 Å². The summed E-state index contributed by atoms with van der Waals surface area (Å²) in [5, 5.41) is 7.10. The first-order valence-electron chi connectivity index (χ1n) is 7.61. The number of furan rings is 1. The Morgan fingerprint density at radius 2 is 2.05 bits per heavy atom. The summed E-state index contributed by atoms with van der Waals surface area (Å²) in [5.74, 6) is 2.06. The third kappa shape index (κ3) is 2.89. The summed E-state index contributed by atoms with van der Waals surface area (Å²) < 4.78 is 7.36. The molecular weight excluding hydrogens is 278 g/mol. The highest BCUT2D eigenvalue weighted by Crippen LogP contribution is 2.33. The van der Waals surface area contributed by atoms with Crippen LogP contribution in [0, 0.1) is 0 Å². The van der Waals surface area contributed by atoms with Gasteiger partial charge in [-0.1, -0.05) is 32.0 Å². The molecule has 1 atom stereocenters. The number of hydrogen-bond donors (Lipinski definition) is 1. The lowest BCUT2D eigenvalue weighted by molar-refractivity contribution is 0.423. The Morgan fingerprint density at radius 3 is 2.81 bits per heavy atom. The molecule has 0 saturated heterocycles. The van der Waals surface area contributed by atoms with E-state index in [4.69, 9.17) is 4.42 Å². The summed E-state index contributed by atoms with van der Waals surface area (Å²) in [4.78, 5) is 0. The number of rotatable bonds is 6. The van der Waals surface area contributed by atoms with Gasteiger partial charge in [0.2, 0.25) is 0 Å². The number of aryl methyl sites for hydroxylation is 1. The number of hydrogen-bond acceptors (Lipinski definition) is 3. The van der Waals surface area contributed by atoms with Crippen LogP contribution in [0.3, 0.4) is 0 Å². The molecule has 0 fully saturated rings. The molecule has 0 radical (unpaired) electrons. The van der Waals surface area contributed by atoms with Gasteiger partial charge in [-0.2, -0.15) is 0 Å². The van der Waals surface area contributed by atoms with Gasteiger partial charge in [-0.3, -0.25) is 0 Å². The van der Waals surface area contributed by atoms with Crippen molar-refractivity contribution in [1.29, 1.82) is 0 Å². The molecule has 0 bridgehead atoms. The van der Waals surface area contributed by atoms with Gasteiger partial charge in [-0.15, -0.1) is 11.3 Å². The Balaban J connectivity index is 2.04. The summed E-state index contributed by atoms with van der Waals surface area (Å²) in [6, 6.07) is 13.0. The van der Waals surface area contributed by atoms with Crippen LogP contribution in [0.1, 0.15) is 43.4 Å². The molecule has 110 valence electrons. The van der Waals surface area contributed by atoms with Crippen molar-refractivity contribution in [2.75, 3.05) is 6.54 Å². The van der Waals surface area contributed by atoms with Crippen molar-refractivity contribution in [3.63, 3.8) is 0 Å². The minimum absolute atomic E-state index is 0.132. The van der Waals surface area contributed by atoms with E-state index in [-0.39, 0.29) is 6.04 Å². The smallest absolute Gasteiger partial charge is 0.125 e. The van der Waals surface area contributed by atoms with E-state index < -0.39 is 0 Å². The van der Waals surface area contributed by atoms with E-state index >= 15 is 0 Å². The molecule has 1 N–H and O–H groups in total. The maximum Gasteiger partial charge on any atom is 0.125 e. The largest absolute Gasteiger partial charge is 0.464 e. The molecule has 0 aliphatic heterocycles. The molecule has 3 rings (SSSR count). The second kappa shape index (κ2) is 6.46. The standard InChI is InChI=1S/C18H21NOS/c1-3-11-19-17(16-9-8-14(4-2)20-16)15-7-5-6-13-10-12-21-18(13)15/h5-10,12,17,19H,3-4,11H2,1-2H3. The van der Waals surface area contributed by atoms with E-state index in [0.29, 0.717) is 0 Å². The molecule has 0 aliphatic rings. The second-order valence-corrected chi connectivity index (χ2v) is 6.15. The highest BCUT2D eigenvalue weighted by atomic mass is 32.1. The van der Waals surface area contributed by atoms with Crippen LogP contribution < -0.4 is 5.32 Å². The van der Waals surface area contributed by atoms with Crippen LogP contribution in [0.15, 0.2) is 46.2 Å². The Hall–Kier alpha value is -1.58. The fourth-order valence-corrected chi connectivity index (χ4v) is 3.58. The maximum absolute atomic E-state index is 6.01. The van der Waals surface area contributed by atoms with Gasteiger partial charge >= 0.3 is 0 Å². The zero-order valence-corrected chi connectivity index (χ0v) is 13.4. The molecule has 0 spiro atoms. The van der Waals surface area contributed by atoms with Crippen LogP contribution in [0.25, 0.3) is 10.1 Å². The first kappa shape index (κ1) is 14.4. The van der Waals surface area contributed by atoms with Gasteiger partial charge in [0.15, 0.2) is 0 Å². The van der Waals surface area contributed by atoms with Crippen LogP contribution in [-0.4, -0.2) is 6.54 Å². The van der Waals surface area contributed by atoms with Crippen molar-refractivity contribution in [3.05, 3.63) is 58.9 Å². The SMILES string of the molecule is CCCNC(c1ccc(CC)o1)c1cccc2ccsc12. The second-order valence-electron chi connectivity index (χ2n) is 5.23. The molecule has 2 heterocycles. The van der Waals surface area contributed by atoms with E-state index in [1.807, 2.05) is 0 Å². The highest BCUT2D eigenvalue weighted by molar-refractivity contribution is 7.17. The lowest BCUT2D eigenvalue weighted by Gasteiger charge is -2.17. The van der Waals surface area contributed by atoms with Gasteiger partial charge in [-0.05, 0) is 47.5 Å². The van der Waals surface area contributed by atoms with E-state index in [2.05, 4.69) is 60.9 Å². The fraction of sp³-hybridized carbons (Fsp3) is 0.333. The predicted octanol–water partition coefficient (Wildman–Crippen LogP) is 5.15. The Morgan fingerprint density at radius 1 is 1.14 bits per heavy atom. The summed E-state index contributed by atoms with van der Waals surface area (Å²) in [6.07, 6.45) is 2.04. The zero-order valence-electron chi connectivity index (χ0n) is 12.6. The third-order valence-electron chi connectivity index (χ3n) is 3.73. The monoisotopic (exact) mass is 299 g/mol. The molecule has 0 aliphatic carbocycles. The Bertz CT molecular complexity index is 713.